The lowest BCUT2D eigenvalue weighted by atomic mass is 9.96. The number of hydrogen-bond acceptors (Lipinski definition) is 6. The monoisotopic (exact) mass is 408 g/mol. The largest absolute Gasteiger partial charge is 0.453 e. The van der Waals surface area contributed by atoms with Gasteiger partial charge in [0.1, 0.15) is 11.3 Å². The van der Waals surface area contributed by atoms with Gasteiger partial charge in [-0.2, -0.15) is 4.98 Å². The number of carbonyl (C=O) groups is 1. The smallest absolute Gasteiger partial charge is 0.244 e. The van der Waals surface area contributed by atoms with Crippen molar-refractivity contribution in [3.05, 3.63) is 71.9 Å². The topological polar surface area (TPSA) is 90.1 Å². The highest BCUT2D eigenvalue weighted by Gasteiger charge is 2.40. The second-order valence-corrected chi connectivity index (χ2v) is 7.23. The van der Waals surface area contributed by atoms with Crippen LogP contribution in [0.4, 0.5) is 4.39 Å². The van der Waals surface area contributed by atoms with Gasteiger partial charge < -0.3 is 14.6 Å². The van der Waals surface area contributed by atoms with Crippen molar-refractivity contribution >= 4 is 12.0 Å². The van der Waals surface area contributed by atoms with E-state index >= 15 is 0 Å². The quantitative estimate of drug-likeness (QED) is 0.612. The Morgan fingerprint density at radius 3 is 2.80 bits per heavy atom. The summed E-state index contributed by atoms with van der Waals surface area (Å²) in [4.78, 5) is 20.8. The van der Waals surface area contributed by atoms with Crippen molar-refractivity contribution in [1.82, 2.24) is 20.4 Å². The van der Waals surface area contributed by atoms with Crippen molar-refractivity contribution < 1.29 is 18.4 Å². The molecular weight excluding hydrogens is 387 g/mol. The van der Waals surface area contributed by atoms with Crippen molar-refractivity contribution in [2.45, 2.75) is 38.1 Å². The van der Waals surface area contributed by atoms with Gasteiger partial charge in [-0.15, -0.1) is 0 Å². The summed E-state index contributed by atoms with van der Waals surface area (Å²) < 4.78 is 24.9. The maximum absolute atomic E-state index is 14.4. The molecule has 154 valence electrons. The molecule has 1 N–H and O–H groups in total. The van der Waals surface area contributed by atoms with Crippen LogP contribution in [0.15, 0.2) is 53.3 Å². The zero-order valence-electron chi connectivity index (χ0n) is 16.5. The third-order valence-electron chi connectivity index (χ3n) is 5.02. The van der Waals surface area contributed by atoms with E-state index < -0.39 is 11.4 Å². The summed E-state index contributed by atoms with van der Waals surface area (Å²) in [6.45, 7) is 1.72. The van der Waals surface area contributed by atoms with Gasteiger partial charge in [-0.05, 0) is 48.7 Å². The molecule has 0 bridgehead atoms. The second-order valence-electron chi connectivity index (χ2n) is 7.23. The standard InChI is InChI=1S/C22H21FN4O3/c1-15-25-21(27-30-15)22(10-2-3-11-22)26-20(28)9-7-16-6-8-19(18(23)13-16)29-17-5-4-12-24-14-17/h4-9,12-14H,2-3,10-11H2,1H3,(H,26,28)/b9-7+. The van der Waals surface area contributed by atoms with Crippen LogP contribution in [-0.2, 0) is 10.3 Å². The SMILES string of the molecule is Cc1nc(C2(NC(=O)/C=C/c3ccc(Oc4cccnc4)c(F)c3)CCCC2)no1. The van der Waals surface area contributed by atoms with Gasteiger partial charge in [0, 0.05) is 19.2 Å². The molecule has 1 fully saturated rings. The van der Waals surface area contributed by atoms with Gasteiger partial charge in [0.25, 0.3) is 0 Å². The summed E-state index contributed by atoms with van der Waals surface area (Å²) in [6.07, 6.45) is 9.49. The minimum absolute atomic E-state index is 0.0852. The highest BCUT2D eigenvalue weighted by Crippen LogP contribution is 2.37. The Kier molecular flexibility index (Phi) is 5.56. The predicted molar refractivity (Wildman–Crippen MR) is 107 cm³/mol. The van der Waals surface area contributed by atoms with E-state index in [1.165, 1.54) is 24.4 Å². The number of halogens is 1. The molecule has 0 unspecified atom stereocenters. The minimum atomic E-state index is -0.619. The average molecular weight is 408 g/mol. The lowest BCUT2D eigenvalue weighted by Crippen LogP contribution is -2.44. The van der Waals surface area contributed by atoms with Crippen LogP contribution in [0.25, 0.3) is 6.08 Å². The number of nitrogens with zero attached hydrogens (tertiary/aromatic N) is 3. The highest BCUT2D eigenvalue weighted by atomic mass is 19.1. The fourth-order valence-electron chi connectivity index (χ4n) is 3.56. The maximum Gasteiger partial charge on any atom is 0.244 e. The van der Waals surface area contributed by atoms with Crippen molar-refractivity contribution in [2.24, 2.45) is 0 Å². The van der Waals surface area contributed by atoms with Gasteiger partial charge in [-0.1, -0.05) is 24.1 Å². The van der Waals surface area contributed by atoms with Crippen LogP contribution in [0.3, 0.4) is 0 Å². The van der Waals surface area contributed by atoms with Gasteiger partial charge in [0.05, 0.1) is 6.20 Å². The highest BCUT2D eigenvalue weighted by molar-refractivity contribution is 5.92. The summed E-state index contributed by atoms with van der Waals surface area (Å²) in [7, 11) is 0. The van der Waals surface area contributed by atoms with E-state index in [-0.39, 0.29) is 11.7 Å². The molecule has 0 radical (unpaired) electrons. The first-order valence-electron chi connectivity index (χ1n) is 9.73. The van der Waals surface area contributed by atoms with Crippen LogP contribution >= 0.6 is 0 Å². The molecule has 1 aliphatic carbocycles. The molecule has 0 atom stereocenters. The molecule has 1 aromatic carbocycles. The number of pyridine rings is 1. The van der Waals surface area contributed by atoms with E-state index in [2.05, 4.69) is 20.4 Å². The van der Waals surface area contributed by atoms with E-state index in [0.29, 0.717) is 23.0 Å². The predicted octanol–water partition coefficient (Wildman–Crippen LogP) is 4.30. The third-order valence-corrected chi connectivity index (χ3v) is 5.02. The molecule has 2 heterocycles. The molecule has 3 aromatic rings. The number of aromatic nitrogens is 3. The lowest BCUT2D eigenvalue weighted by molar-refractivity contribution is -0.118. The first-order chi connectivity index (χ1) is 14.5. The van der Waals surface area contributed by atoms with Gasteiger partial charge in [-0.3, -0.25) is 9.78 Å². The van der Waals surface area contributed by atoms with E-state index in [1.54, 1.807) is 37.4 Å². The van der Waals surface area contributed by atoms with Crippen molar-refractivity contribution in [2.75, 3.05) is 0 Å². The molecule has 7 nitrogen and oxygen atoms in total. The Morgan fingerprint density at radius 1 is 1.30 bits per heavy atom. The number of nitrogens with one attached hydrogen (secondary N) is 1. The van der Waals surface area contributed by atoms with Crippen LogP contribution < -0.4 is 10.1 Å². The number of amides is 1. The molecule has 0 aliphatic heterocycles. The molecule has 0 spiro atoms. The Balaban J connectivity index is 1.44. The molecular formula is C22H21FN4O3. The molecule has 1 saturated carbocycles. The molecule has 30 heavy (non-hydrogen) atoms. The first-order valence-corrected chi connectivity index (χ1v) is 9.73. The van der Waals surface area contributed by atoms with E-state index in [0.717, 1.165) is 25.7 Å². The van der Waals surface area contributed by atoms with E-state index in [9.17, 15) is 9.18 Å². The Morgan fingerprint density at radius 2 is 2.13 bits per heavy atom. The number of aryl methyl sites for hydroxylation is 1. The molecule has 0 saturated heterocycles. The van der Waals surface area contributed by atoms with Gasteiger partial charge >= 0.3 is 0 Å². The summed E-state index contributed by atoms with van der Waals surface area (Å²) >= 11 is 0. The zero-order valence-corrected chi connectivity index (χ0v) is 16.5. The normalized spacial score (nSPS) is 15.4. The minimum Gasteiger partial charge on any atom is -0.453 e. The van der Waals surface area contributed by atoms with E-state index in [4.69, 9.17) is 9.26 Å². The van der Waals surface area contributed by atoms with Gasteiger partial charge in [0.15, 0.2) is 17.4 Å². The zero-order chi connectivity index (χ0) is 21.0. The fraction of sp³-hybridized carbons (Fsp3) is 0.273. The summed E-state index contributed by atoms with van der Waals surface area (Å²) in [5, 5.41) is 7.02. The van der Waals surface area contributed by atoms with Crippen LogP contribution in [0.5, 0.6) is 11.5 Å². The molecule has 4 rings (SSSR count). The van der Waals surface area contributed by atoms with E-state index in [1.807, 2.05) is 0 Å². The number of benzene rings is 1. The van der Waals surface area contributed by atoms with Crippen molar-refractivity contribution in [3.63, 3.8) is 0 Å². The summed E-state index contributed by atoms with van der Waals surface area (Å²) in [5.41, 5.74) is -0.0802. The van der Waals surface area contributed by atoms with Crippen molar-refractivity contribution in [3.8, 4) is 11.5 Å². The average Bonchev–Trinajstić information content (AvgIpc) is 3.39. The van der Waals surface area contributed by atoms with Crippen molar-refractivity contribution in [1.29, 1.82) is 0 Å². The third kappa shape index (κ3) is 4.37. The lowest BCUT2D eigenvalue weighted by Gasteiger charge is -2.25. The summed E-state index contributed by atoms with van der Waals surface area (Å²) in [5.74, 6) is 0.665. The Hall–Kier alpha value is -3.55. The molecule has 8 heteroatoms. The summed E-state index contributed by atoms with van der Waals surface area (Å²) in [6, 6.07) is 7.89. The molecule has 2 aromatic heterocycles. The van der Waals surface area contributed by atoms with Crippen LogP contribution in [0.2, 0.25) is 0 Å². The van der Waals surface area contributed by atoms with Crippen LogP contribution in [0, 0.1) is 12.7 Å². The fourth-order valence-corrected chi connectivity index (χ4v) is 3.56. The van der Waals surface area contributed by atoms with Gasteiger partial charge in [-0.25, -0.2) is 4.39 Å². The molecule has 1 aliphatic rings. The number of ether oxygens (including phenoxy) is 1. The number of hydrogen-bond donors (Lipinski definition) is 1. The first kappa shape index (κ1) is 19.8. The Labute approximate surface area is 173 Å². The maximum atomic E-state index is 14.4. The van der Waals surface area contributed by atoms with Crippen LogP contribution in [0.1, 0.15) is 43.0 Å². The second kappa shape index (κ2) is 8.44. The number of rotatable bonds is 6. The number of carbonyl (C=O) groups excluding carboxylic acids is 1. The van der Waals surface area contributed by atoms with Crippen LogP contribution in [-0.4, -0.2) is 21.0 Å². The van der Waals surface area contributed by atoms with Gasteiger partial charge in [0.2, 0.25) is 11.8 Å². The molecule has 1 amide bonds. The Bertz CT molecular complexity index is 1060.